The van der Waals surface area contributed by atoms with Gasteiger partial charge in [-0.3, -0.25) is 9.69 Å². The molecule has 1 unspecified atom stereocenters. The van der Waals surface area contributed by atoms with E-state index in [9.17, 15) is 4.79 Å². The Balaban J connectivity index is 0.00000259. The minimum Gasteiger partial charge on any atom is -0.483 e. The molecule has 1 saturated heterocycles. The maximum absolute atomic E-state index is 14.0. The summed E-state index contributed by atoms with van der Waals surface area (Å²) in [5.41, 5.74) is 0.702. The number of halogens is 3. The van der Waals surface area contributed by atoms with E-state index < -0.39 is 11.3 Å². The monoisotopic (exact) mass is 506 g/mol. The Hall–Kier alpha value is -2.12. The molecule has 1 N–H and O–H groups in total. The third kappa shape index (κ3) is 3.93. The van der Waals surface area contributed by atoms with Gasteiger partial charge in [0.05, 0.1) is 16.3 Å². The van der Waals surface area contributed by atoms with Crippen LogP contribution in [0.25, 0.3) is 5.70 Å². The number of azo groups is 1. The number of nitrogens with zero attached hydrogens (tertiary/aromatic N) is 3. The summed E-state index contributed by atoms with van der Waals surface area (Å²) in [6.45, 7) is 5.43. The first-order valence-corrected chi connectivity index (χ1v) is 11.6. The van der Waals surface area contributed by atoms with Crippen LogP contribution in [0.5, 0.6) is 5.75 Å². The highest BCUT2D eigenvalue weighted by molar-refractivity contribution is 6.36. The van der Waals surface area contributed by atoms with E-state index in [1.165, 1.54) is 0 Å². The zero-order valence-electron chi connectivity index (χ0n) is 18.4. The molecule has 5 rings (SSSR count). The SMILES string of the molecule is CC1(C)Oc2ccccc2C2=C1C(C(=O)Nc1ccc(Cl)cc1Cl)(N1CCCCC1)N=N2.Cl. The van der Waals surface area contributed by atoms with Crippen LogP contribution < -0.4 is 10.1 Å². The molecular weight excluding hydrogens is 483 g/mol. The van der Waals surface area contributed by atoms with Gasteiger partial charge >= 0.3 is 0 Å². The van der Waals surface area contributed by atoms with Crippen LogP contribution in [0.4, 0.5) is 5.69 Å². The van der Waals surface area contributed by atoms with Crippen molar-refractivity contribution in [2.45, 2.75) is 44.4 Å². The van der Waals surface area contributed by atoms with Gasteiger partial charge in [-0.2, -0.15) is 10.2 Å². The fraction of sp³-hybridized carbons (Fsp3) is 0.375. The first-order chi connectivity index (χ1) is 15.3. The number of benzene rings is 2. The molecule has 33 heavy (non-hydrogen) atoms. The second-order valence-electron chi connectivity index (χ2n) is 8.83. The Morgan fingerprint density at radius 2 is 1.82 bits per heavy atom. The number of para-hydroxylation sites is 1. The summed E-state index contributed by atoms with van der Waals surface area (Å²) in [5.74, 6) is 0.444. The van der Waals surface area contributed by atoms with Crippen LogP contribution in [0.15, 0.2) is 58.3 Å². The lowest BCUT2D eigenvalue weighted by Gasteiger charge is -2.45. The van der Waals surface area contributed by atoms with E-state index in [4.69, 9.17) is 27.9 Å². The van der Waals surface area contributed by atoms with Crippen LogP contribution in [-0.4, -0.2) is 35.2 Å². The number of rotatable bonds is 3. The lowest BCUT2D eigenvalue weighted by Crippen LogP contribution is -2.61. The quantitative estimate of drug-likeness (QED) is 0.510. The lowest BCUT2D eigenvalue weighted by atomic mass is 9.80. The van der Waals surface area contributed by atoms with E-state index >= 15 is 0 Å². The molecule has 2 aromatic rings. The molecule has 0 aliphatic carbocycles. The molecule has 0 radical (unpaired) electrons. The third-order valence-electron chi connectivity index (χ3n) is 6.30. The topological polar surface area (TPSA) is 66.3 Å². The number of piperidine rings is 1. The molecular formula is C24H25Cl3N4O2. The highest BCUT2D eigenvalue weighted by atomic mass is 35.5. The standard InChI is InChI=1S/C24H24Cl2N4O2.ClH/c1-23(2)21-20(16-8-4-5-9-19(16)32-23)28-29-24(21,30-12-6-3-7-13-30)22(31)27-18-11-10-15(25)14-17(18)26;/h4-5,8-11,14H,3,6-7,12-13H2,1-2H3,(H,27,31);1H. The summed E-state index contributed by atoms with van der Waals surface area (Å²) >= 11 is 12.4. The van der Waals surface area contributed by atoms with Gasteiger partial charge in [0.25, 0.3) is 5.91 Å². The molecule has 174 valence electrons. The molecule has 1 atom stereocenters. The van der Waals surface area contributed by atoms with Crippen LogP contribution in [0.1, 0.15) is 38.7 Å². The molecule has 3 aliphatic heterocycles. The number of ether oxygens (including phenoxy) is 1. The summed E-state index contributed by atoms with van der Waals surface area (Å²) in [7, 11) is 0. The molecule has 0 spiro atoms. The normalized spacial score (nSPS) is 23.3. The van der Waals surface area contributed by atoms with Gasteiger partial charge < -0.3 is 10.1 Å². The second kappa shape index (κ2) is 8.91. The highest BCUT2D eigenvalue weighted by Gasteiger charge is 2.59. The number of carbonyl (C=O) groups is 1. The first-order valence-electron chi connectivity index (χ1n) is 10.8. The van der Waals surface area contributed by atoms with Crippen molar-refractivity contribution in [2.75, 3.05) is 18.4 Å². The minimum absolute atomic E-state index is 0. The Morgan fingerprint density at radius 3 is 2.55 bits per heavy atom. The van der Waals surface area contributed by atoms with E-state index in [2.05, 4.69) is 20.4 Å². The summed E-state index contributed by atoms with van der Waals surface area (Å²) in [6, 6.07) is 12.8. The van der Waals surface area contributed by atoms with Gasteiger partial charge in [0.15, 0.2) is 0 Å². The zero-order chi connectivity index (χ0) is 22.5. The summed E-state index contributed by atoms with van der Waals surface area (Å²) in [5, 5.41) is 13.1. The summed E-state index contributed by atoms with van der Waals surface area (Å²) in [6.07, 6.45) is 3.11. The molecule has 9 heteroatoms. The van der Waals surface area contributed by atoms with Crippen molar-refractivity contribution in [1.82, 2.24) is 4.90 Å². The van der Waals surface area contributed by atoms with E-state index in [0.29, 0.717) is 21.4 Å². The Labute approximate surface area is 209 Å². The van der Waals surface area contributed by atoms with E-state index in [1.807, 2.05) is 38.1 Å². The number of fused-ring (bicyclic) bond motifs is 2. The number of amides is 1. The van der Waals surface area contributed by atoms with Gasteiger partial charge in [-0.15, -0.1) is 12.4 Å². The van der Waals surface area contributed by atoms with Crippen molar-refractivity contribution >= 4 is 52.9 Å². The van der Waals surface area contributed by atoms with Crippen LogP contribution in [0.2, 0.25) is 10.0 Å². The van der Waals surface area contributed by atoms with Gasteiger partial charge in [0.1, 0.15) is 17.0 Å². The summed E-state index contributed by atoms with van der Waals surface area (Å²) in [4.78, 5) is 16.2. The van der Waals surface area contributed by atoms with Crippen molar-refractivity contribution < 1.29 is 9.53 Å². The first kappa shape index (κ1) is 24.0. The van der Waals surface area contributed by atoms with Gasteiger partial charge in [-0.05, 0) is 57.0 Å². The van der Waals surface area contributed by atoms with Crippen LogP contribution >= 0.6 is 35.6 Å². The van der Waals surface area contributed by atoms with Gasteiger partial charge in [-0.25, -0.2) is 0 Å². The predicted molar refractivity (Wildman–Crippen MR) is 133 cm³/mol. The average Bonchev–Trinajstić information content (AvgIpc) is 3.19. The maximum atomic E-state index is 14.0. The smallest absolute Gasteiger partial charge is 0.274 e. The summed E-state index contributed by atoms with van der Waals surface area (Å²) < 4.78 is 6.39. The third-order valence-corrected chi connectivity index (χ3v) is 6.85. The number of anilines is 1. The van der Waals surface area contributed by atoms with Crippen molar-refractivity contribution in [3.8, 4) is 5.75 Å². The van der Waals surface area contributed by atoms with E-state index in [1.54, 1.807) is 18.2 Å². The number of hydrogen-bond donors (Lipinski definition) is 1. The van der Waals surface area contributed by atoms with E-state index in [-0.39, 0.29) is 18.3 Å². The molecule has 1 amide bonds. The largest absolute Gasteiger partial charge is 0.483 e. The van der Waals surface area contributed by atoms with Gasteiger partial charge in [0.2, 0.25) is 5.66 Å². The van der Waals surface area contributed by atoms with E-state index in [0.717, 1.165) is 49.2 Å². The molecule has 0 aromatic heterocycles. The fourth-order valence-electron chi connectivity index (χ4n) is 4.90. The van der Waals surface area contributed by atoms with Crippen molar-refractivity contribution in [3.05, 3.63) is 63.6 Å². The molecule has 3 aliphatic rings. The number of likely N-dealkylation sites (tertiary alicyclic amines) is 1. The Morgan fingerprint density at radius 1 is 1.09 bits per heavy atom. The van der Waals surface area contributed by atoms with Crippen molar-refractivity contribution in [3.63, 3.8) is 0 Å². The number of nitrogens with one attached hydrogen (secondary N) is 1. The van der Waals surface area contributed by atoms with Crippen LogP contribution in [-0.2, 0) is 4.79 Å². The fourth-order valence-corrected chi connectivity index (χ4v) is 5.36. The van der Waals surface area contributed by atoms with Crippen LogP contribution in [0.3, 0.4) is 0 Å². The predicted octanol–water partition coefficient (Wildman–Crippen LogP) is 6.58. The van der Waals surface area contributed by atoms with Crippen LogP contribution in [0, 0.1) is 0 Å². The highest BCUT2D eigenvalue weighted by Crippen LogP contribution is 2.52. The molecule has 0 saturated carbocycles. The molecule has 2 aromatic carbocycles. The average molecular weight is 508 g/mol. The maximum Gasteiger partial charge on any atom is 0.274 e. The van der Waals surface area contributed by atoms with Gasteiger partial charge in [0, 0.05) is 23.7 Å². The van der Waals surface area contributed by atoms with Gasteiger partial charge in [-0.1, -0.05) is 41.8 Å². The lowest BCUT2D eigenvalue weighted by molar-refractivity contribution is -0.127. The molecule has 6 nitrogen and oxygen atoms in total. The minimum atomic E-state index is -1.31. The Kier molecular flexibility index (Phi) is 6.49. The Bertz CT molecular complexity index is 1160. The zero-order valence-corrected chi connectivity index (χ0v) is 20.7. The van der Waals surface area contributed by atoms with Crippen molar-refractivity contribution in [1.29, 1.82) is 0 Å². The molecule has 3 heterocycles. The molecule has 1 fully saturated rings. The van der Waals surface area contributed by atoms with Crippen molar-refractivity contribution in [2.24, 2.45) is 10.2 Å². The second-order valence-corrected chi connectivity index (χ2v) is 9.67. The number of hydrogen-bond acceptors (Lipinski definition) is 5. The number of carbonyl (C=O) groups excluding carboxylic acids is 1. The molecule has 0 bridgehead atoms.